The van der Waals surface area contributed by atoms with Gasteiger partial charge in [-0.05, 0) is 24.1 Å². The summed E-state index contributed by atoms with van der Waals surface area (Å²) in [5, 5.41) is 21.6. The van der Waals surface area contributed by atoms with Gasteiger partial charge < -0.3 is 15.5 Å². The van der Waals surface area contributed by atoms with E-state index >= 15 is 0 Å². The number of hydrogen-bond donors (Lipinski definition) is 3. The Bertz CT molecular complexity index is 622. The van der Waals surface area contributed by atoms with Crippen LogP contribution >= 0.6 is 11.3 Å². The Hall–Kier alpha value is -2.25. The molecule has 20 heavy (non-hydrogen) atoms. The fourth-order valence-corrected chi connectivity index (χ4v) is 2.23. The average Bonchev–Trinajstić information content (AvgIpc) is 2.91. The number of anilines is 1. The van der Waals surface area contributed by atoms with Gasteiger partial charge in [0.05, 0.1) is 0 Å². The van der Waals surface area contributed by atoms with Gasteiger partial charge in [-0.3, -0.25) is 4.79 Å². The highest BCUT2D eigenvalue weighted by Gasteiger charge is 2.14. The number of amides is 1. The Morgan fingerprint density at radius 2 is 1.95 bits per heavy atom. The van der Waals surface area contributed by atoms with E-state index in [1.54, 1.807) is 24.3 Å². The predicted octanol–water partition coefficient (Wildman–Crippen LogP) is 1.63. The minimum atomic E-state index is -1.16. The first-order chi connectivity index (χ1) is 9.60. The number of aromatic carboxylic acids is 1. The van der Waals surface area contributed by atoms with Crippen LogP contribution in [-0.4, -0.2) is 33.7 Å². The number of carboxylic acid groups (broad SMARTS) is 1. The van der Waals surface area contributed by atoms with Crippen molar-refractivity contribution < 1.29 is 19.8 Å². The molecule has 0 unspecified atom stereocenters. The Morgan fingerprint density at radius 3 is 2.50 bits per heavy atom. The fourth-order valence-electron chi connectivity index (χ4n) is 1.54. The Morgan fingerprint density at radius 1 is 1.25 bits per heavy atom. The second-order valence-corrected chi connectivity index (χ2v) is 4.83. The third kappa shape index (κ3) is 3.40. The van der Waals surface area contributed by atoms with Gasteiger partial charge in [-0.1, -0.05) is 12.1 Å². The first-order valence-electron chi connectivity index (χ1n) is 5.80. The summed E-state index contributed by atoms with van der Waals surface area (Å²) in [6, 6.07) is 7.04. The number of carbonyl (C=O) groups is 2. The standard InChI is InChI=1S/C13H12N2O4S/c16-6-5-8-1-3-9(4-2-8)14-11(17)12-15-10(7-20-12)13(18)19/h1-4,7,16H,5-6H2,(H,14,17)(H,18,19). The quantitative estimate of drug-likeness (QED) is 0.777. The van der Waals surface area contributed by atoms with Crippen LogP contribution in [0.4, 0.5) is 5.69 Å². The van der Waals surface area contributed by atoms with Gasteiger partial charge in [0.2, 0.25) is 0 Å². The monoisotopic (exact) mass is 292 g/mol. The van der Waals surface area contributed by atoms with Crippen LogP contribution in [0.3, 0.4) is 0 Å². The maximum atomic E-state index is 11.9. The lowest BCUT2D eigenvalue weighted by Gasteiger charge is -2.04. The number of thiazole rings is 1. The molecule has 2 aromatic rings. The molecule has 0 spiro atoms. The largest absolute Gasteiger partial charge is 0.476 e. The van der Waals surface area contributed by atoms with Crippen molar-refractivity contribution in [3.05, 3.63) is 45.9 Å². The van der Waals surface area contributed by atoms with E-state index in [9.17, 15) is 9.59 Å². The summed E-state index contributed by atoms with van der Waals surface area (Å²) in [6.07, 6.45) is 0.558. The van der Waals surface area contributed by atoms with Crippen molar-refractivity contribution in [2.75, 3.05) is 11.9 Å². The van der Waals surface area contributed by atoms with Crippen molar-refractivity contribution in [1.82, 2.24) is 4.98 Å². The summed E-state index contributed by atoms with van der Waals surface area (Å²) in [5.41, 5.74) is 1.41. The predicted molar refractivity (Wildman–Crippen MR) is 74.3 cm³/mol. The van der Waals surface area contributed by atoms with Gasteiger partial charge in [0, 0.05) is 17.7 Å². The fraction of sp³-hybridized carbons (Fsp3) is 0.154. The number of aliphatic hydroxyl groups is 1. The van der Waals surface area contributed by atoms with E-state index in [0.29, 0.717) is 12.1 Å². The number of aliphatic hydroxyl groups excluding tert-OH is 1. The molecule has 0 bridgehead atoms. The summed E-state index contributed by atoms with van der Waals surface area (Å²) in [7, 11) is 0. The molecule has 1 heterocycles. The smallest absolute Gasteiger partial charge is 0.355 e. The van der Waals surface area contributed by atoms with Crippen molar-refractivity contribution in [2.24, 2.45) is 0 Å². The molecule has 1 aromatic heterocycles. The normalized spacial score (nSPS) is 10.2. The number of hydrogen-bond acceptors (Lipinski definition) is 5. The molecule has 1 amide bonds. The molecule has 0 radical (unpaired) electrons. The summed E-state index contributed by atoms with van der Waals surface area (Å²) >= 11 is 0.979. The van der Waals surface area contributed by atoms with Crippen LogP contribution in [0.1, 0.15) is 25.9 Å². The van der Waals surface area contributed by atoms with Gasteiger partial charge in [0.1, 0.15) is 0 Å². The van der Waals surface area contributed by atoms with Crippen LogP contribution in [0, 0.1) is 0 Å². The van der Waals surface area contributed by atoms with Gasteiger partial charge in [0.25, 0.3) is 5.91 Å². The van der Waals surface area contributed by atoms with Crippen molar-refractivity contribution in [3.63, 3.8) is 0 Å². The molecule has 0 atom stereocenters. The highest BCUT2D eigenvalue weighted by atomic mass is 32.1. The zero-order valence-electron chi connectivity index (χ0n) is 10.4. The summed E-state index contributed by atoms with van der Waals surface area (Å²) < 4.78 is 0. The molecule has 6 nitrogen and oxygen atoms in total. The summed E-state index contributed by atoms with van der Waals surface area (Å²) in [6.45, 7) is 0.0722. The SMILES string of the molecule is O=C(O)c1csc(C(=O)Nc2ccc(CCO)cc2)n1. The third-order valence-corrected chi connectivity index (χ3v) is 3.37. The minimum absolute atomic E-state index is 0.0722. The molecule has 0 saturated carbocycles. The van der Waals surface area contributed by atoms with Gasteiger partial charge in [0.15, 0.2) is 10.7 Å². The second-order valence-electron chi connectivity index (χ2n) is 3.97. The van der Waals surface area contributed by atoms with Crippen LogP contribution in [0.2, 0.25) is 0 Å². The topological polar surface area (TPSA) is 99.5 Å². The number of aromatic nitrogens is 1. The highest BCUT2D eigenvalue weighted by molar-refractivity contribution is 7.12. The van der Waals surface area contributed by atoms with E-state index < -0.39 is 11.9 Å². The maximum absolute atomic E-state index is 11.9. The van der Waals surface area contributed by atoms with Crippen molar-refractivity contribution in [1.29, 1.82) is 0 Å². The van der Waals surface area contributed by atoms with E-state index in [1.165, 1.54) is 5.38 Å². The van der Waals surface area contributed by atoms with Crippen LogP contribution < -0.4 is 5.32 Å². The zero-order valence-corrected chi connectivity index (χ0v) is 11.2. The lowest BCUT2D eigenvalue weighted by Crippen LogP contribution is -2.12. The molecular weight excluding hydrogens is 280 g/mol. The summed E-state index contributed by atoms with van der Waals surface area (Å²) in [5.74, 6) is -1.61. The summed E-state index contributed by atoms with van der Waals surface area (Å²) in [4.78, 5) is 26.3. The number of benzene rings is 1. The van der Waals surface area contributed by atoms with Gasteiger partial charge in [-0.15, -0.1) is 11.3 Å². The van der Waals surface area contributed by atoms with Crippen LogP contribution in [0.5, 0.6) is 0 Å². The Balaban J connectivity index is 2.04. The van der Waals surface area contributed by atoms with Crippen molar-refractivity contribution >= 4 is 28.9 Å². The lowest BCUT2D eigenvalue weighted by atomic mass is 10.1. The lowest BCUT2D eigenvalue weighted by molar-refractivity contribution is 0.0691. The van der Waals surface area contributed by atoms with Gasteiger partial charge in [-0.25, -0.2) is 9.78 Å². The number of rotatable bonds is 5. The molecule has 104 valence electrons. The first-order valence-corrected chi connectivity index (χ1v) is 6.68. The number of nitrogens with zero attached hydrogens (tertiary/aromatic N) is 1. The number of nitrogens with one attached hydrogen (secondary N) is 1. The van der Waals surface area contributed by atoms with E-state index in [2.05, 4.69) is 10.3 Å². The maximum Gasteiger partial charge on any atom is 0.355 e. The average molecular weight is 292 g/mol. The molecule has 3 N–H and O–H groups in total. The minimum Gasteiger partial charge on any atom is -0.476 e. The molecule has 1 aromatic carbocycles. The molecular formula is C13H12N2O4S. The zero-order chi connectivity index (χ0) is 14.5. The Kier molecular flexibility index (Phi) is 4.44. The third-order valence-electron chi connectivity index (χ3n) is 2.53. The van der Waals surface area contributed by atoms with Crippen LogP contribution in [-0.2, 0) is 6.42 Å². The van der Waals surface area contributed by atoms with Gasteiger partial charge in [-0.2, -0.15) is 0 Å². The molecule has 0 saturated heterocycles. The molecule has 0 aliphatic carbocycles. The molecule has 0 fully saturated rings. The molecule has 0 aliphatic rings. The molecule has 2 rings (SSSR count). The van der Waals surface area contributed by atoms with E-state index in [-0.39, 0.29) is 17.3 Å². The molecule has 0 aliphatic heterocycles. The van der Waals surface area contributed by atoms with E-state index in [1.807, 2.05) is 0 Å². The van der Waals surface area contributed by atoms with Crippen LogP contribution in [0.25, 0.3) is 0 Å². The Labute approximate surface area is 118 Å². The first kappa shape index (κ1) is 14.2. The number of carbonyl (C=O) groups excluding carboxylic acids is 1. The van der Waals surface area contributed by atoms with Crippen molar-refractivity contribution in [3.8, 4) is 0 Å². The van der Waals surface area contributed by atoms with Gasteiger partial charge >= 0.3 is 5.97 Å². The van der Waals surface area contributed by atoms with Crippen LogP contribution in [0.15, 0.2) is 29.6 Å². The second kappa shape index (κ2) is 6.27. The van der Waals surface area contributed by atoms with E-state index in [4.69, 9.17) is 10.2 Å². The van der Waals surface area contributed by atoms with Crippen molar-refractivity contribution in [2.45, 2.75) is 6.42 Å². The number of carboxylic acids is 1. The highest BCUT2D eigenvalue weighted by Crippen LogP contribution is 2.14. The molecule has 7 heteroatoms. The van der Waals surface area contributed by atoms with E-state index in [0.717, 1.165) is 16.9 Å².